The van der Waals surface area contributed by atoms with Crippen LogP contribution in [0.15, 0.2) is 18.3 Å². The first-order valence-corrected chi connectivity index (χ1v) is 6.30. The molecule has 2 rings (SSSR count). The molecule has 7 nitrogen and oxygen atoms in total. The molecule has 0 aliphatic carbocycles. The van der Waals surface area contributed by atoms with Gasteiger partial charge >= 0.3 is 5.97 Å². The van der Waals surface area contributed by atoms with Crippen LogP contribution in [0.25, 0.3) is 0 Å². The Morgan fingerprint density at radius 3 is 2.55 bits per heavy atom. The number of carboxylic acid groups (broad SMARTS) is 1. The highest BCUT2D eigenvalue weighted by Gasteiger charge is 2.34. The highest BCUT2D eigenvalue weighted by molar-refractivity contribution is 5.94. The Hall–Kier alpha value is -2.15. The molecular weight excluding hydrogens is 262 g/mol. The van der Waals surface area contributed by atoms with Gasteiger partial charge in [-0.05, 0) is 25.0 Å². The van der Waals surface area contributed by atoms with Crippen molar-refractivity contribution in [2.45, 2.75) is 25.0 Å². The van der Waals surface area contributed by atoms with Crippen LogP contribution in [0.5, 0.6) is 0 Å². The fourth-order valence-electron chi connectivity index (χ4n) is 1.96. The number of nitrogens with one attached hydrogen (secondary N) is 1. The minimum Gasteiger partial charge on any atom is -0.479 e. The number of rotatable bonds is 4. The summed E-state index contributed by atoms with van der Waals surface area (Å²) in [6.45, 7) is 0. The number of pyridine rings is 1. The molecule has 1 aromatic heterocycles. The highest BCUT2D eigenvalue weighted by atomic mass is 16.5. The van der Waals surface area contributed by atoms with Crippen molar-refractivity contribution in [2.75, 3.05) is 24.3 Å². The van der Waals surface area contributed by atoms with Crippen LogP contribution in [0.1, 0.15) is 12.8 Å². The average molecular weight is 279 g/mol. The Bertz CT molecular complexity index is 501. The molecule has 1 aliphatic rings. The van der Waals surface area contributed by atoms with Crippen molar-refractivity contribution in [1.82, 2.24) is 4.98 Å². The number of nitrogens with zero attached hydrogens (tertiary/aromatic N) is 2. The molecule has 2 N–H and O–H groups in total. The smallest absolute Gasteiger partial charge is 0.332 e. The van der Waals surface area contributed by atoms with E-state index in [1.165, 1.54) is 0 Å². The van der Waals surface area contributed by atoms with Gasteiger partial charge in [-0.15, -0.1) is 0 Å². The lowest BCUT2D eigenvalue weighted by Gasteiger charge is -2.13. The van der Waals surface area contributed by atoms with Crippen molar-refractivity contribution in [2.24, 2.45) is 0 Å². The number of aliphatic carboxylic acids is 1. The predicted octanol–water partition coefficient (Wildman–Crippen LogP) is 0.718. The van der Waals surface area contributed by atoms with Gasteiger partial charge in [-0.2, -0.15) is 0 Å². The zero-order valence-corrected chi connectivity index (χ0v) is 11.4. The van der Waals surface area contributed by atoms with Crippen molar-refractivity contribution in [3.8, 4) is 0 Å². The molecule has 7 heteroatoms. The standard InChI is InChI=1S/C13H17N3O4/c1-16(2)11-6-3-8(7-14-11)15-12(17)9-4-5-10(20-9)13(18)19/h3,6-7,9-10H,4-5H2,1-2H3,(H,15,17)(H,18,19)/t9-,10+/m0/s1. The molecule has 0 bridgehead atoms. The van der Waals surface area contributed by atoms with Gasteiger partial charge in [-0.1, -0.05) is 0 Å². The number of hydrogen-bond donors (Lipinski definition) is 2. The summed E-state index contributed by atoms with van der Waals surface area (Å²) in [4.78, 5) is 28.7. The van der Waals surface area contributed by atoms with Crippen molar-refractivity contribution in [3.63, 3.8) is 0 Å². The van der Waals surface area contributed by atoms with Gasteiger partial charge in [0.1, 0.15) is 11.9 Å². The molecule has 1 fully saturated rings. The second kappa shape index (κ2) is 5.87. The molecule has 1 amide bonds. The summed E-state index contributed by atoms with van der Waals surface area (Å²) in [6, 6.07) is 3.52. The van der Waals surface area contributed by atoms with Crippen molar-refractivity contribution in [3.05, 3.63) is 18.3 Å². The number of anilines is 2. The number of aromatic nitrogens is 1. The quantitative estimate of drug-likeness (QED) is 0.843. The molecular formula is C13H17N3O4. The predicted molar refractivity (Wildman–Crippen MR) is 72.7 cm³/mol. The topological polar surface area (TPSA) is 91.8 Å². The van der Waals surface area contributed by atoms with Crippen molar-refractivity contribution >= 4 is 23.4 Å². The minimum absolute atomic E-state index is 0.340. The Labute approximate surface area is 116 Å². The lowest BCUT2D eigenvalue weighted by molar-refractivity contribution is -0.150. The summed E-state index contributed by atoms with van der Waals surface area (Å²) in [5.74, 6) is -0.587. The van der Waals surface area contributed by atoms with Gasteiger partial charge in [-0.25, -0.2) is 9.78 Å². The number of ether oxygens (including phenoxy) is 1. The van der Waals surface area contributed by atoms with Crippen LogP contribution in [0, 0.1) is 0 Å². The van der Waals surface area contributed by atoms with E-state index in [2.05, 4.69) is 10.3 Å². The maximum atomic E-state index is 11.9. The fourth-order valence-corrected chi connectivity index (χ4v) is 1.96. The first-order chi connectivity index (χ1) is 9.47. The summed E-state index contributed by atoms with van der Waals surface area (Å²) in [5, 5.41) is 11.5. The molecule has 0 spiro atoms. The summed E-state index contributed by atoms with van der Waals surface area (Å²) in [6.07, 6.45) is 0.707. The molecule has 2 heterocycles. The summed E-state index contributed by atoms with van der Waals surface area (Å²) in [7, 11) is 3.75. The molecule has 0 unspecified atom stereocenters. The number of amides is 1. The second-order valence-electron chi connectivity index (χ2n) is 4.82. The van der Waals surface area contributed by atoms with E-state index in [1.807, 2.05) is 19.0 Å². The zero-order valence-electron chi connectivity index (χ0n) is 11.4. The molecule has 108 valence electrons. The zero-order chi connectivity index (χ0) is 14.7. The third kappa shape index (κ3) is 3.24. The summed E-state index contributed by atoms with van der Waals surface area (Å²) in [5.41, 5.74) is 0.558. The van der Waals surface area contributed by atoms with E-state index in [9.17, 15) is 9.59 Å². The Morgan fingerprint density at radius 1 is 1.35 bits per heavy atom. The Balaban J connectivity index is 1.93. The van der Waals surface area contributed by atoms with Crippen molar-refractivity contribution < 1.29 is 19.4 Å². The summed E-state index contributed by atoms with van der Waals surface area (Å²) >= 11 is 0. The van der Waals surface area contributed by atoms with Crippen LogP contribution in [0.3, 0.4) is 0 Å². The first kappa shape index (κ1) is 14.3. The molecule has 0 saturated carbocycles. The molecule has 2 atom stereocenters. The van der Waals surface area contributed by atoms with Crippen LogP contribution in [-0.2, 0) is 14.3 Å². The van der Waals surface area contributed by atoms with Crippen LogP contribution in [0.4, 0.5) is 11.5 Å². The molecule has 0 aromatic carbocycles. The Morgan fingerprint density at radius 2 is 2.05 bits per heavy atom. The van der Waals surface area contributed by atoms with E-state index in [0.717, 1.165) is 5.82 Å². The summed E-state index contributed by atoms with van der Waals surface area (Å²) < 4.78 is 5.18. The number of carboxylic acids is 1. The van der Waals surface area contributed by atoms with Crippen LogP contribution < -0.4 is 10.2 Å². The minimum atomic E-state index is -1.03. The maximum Gasteiger partial charge on any atom is 0.332 e. The normalized spacial score (nSPS) is 21.5. The molecule has 0 radical (unpaired) electrons. The average Bonchev–Trinajstić information content (AvgIpc) is 2.89. The molecule has 1 aromatic rings. The van der Waals surface area contributed by atoms with E-state index in [0.29, 0.717) is 18.5 Å². The number of hydrogen-bond acceptors (Lipinski definition) is 5. The van der Waals surface area contributed by atoms with Gasteiger partial charge in [0, 0.05) is 14.1 Å². The van der Waals surface area contributed by atoms with E-state index in [1.54, 1.807) is 18.3 Å². The monoisotopic (exact) mass is 279 g/mol. The number of carbonyl (C=O) groups excluding carboxylic acids is 1. The number of carbonyl (C=O) groups is 2. The van der Waals surface area contributed by atoms with E-state index in [4.69, 9.17) is 9.84 Å². The van der Waals surface area contributed by atoms with Gasteiger partial charge in [-0.3, -0.25) is 4.79 Å². The maximum absolute atomic E-state index is 11.9. The largest absolute Gasteiger partial charge is 0.479 e. The molecule has 20 heavy (non-hydrogen) atoms. The van der Waals surface area contributed by atoms with E-state index < -0.39 is 18.2 Å². The van der Waals surface area contributed by atoms with E-state index in [-0.39, 0.29) is 5.91 Å². The van der Waals surface area contributed by atoms with Gasteiger partial charge in [0.25, 0.3) is 5.91 Å². The highest BCUT2D eigenvalue weighted by Crippen LogP contribution is 2.21. The van der Waals surface area contributed by atoms with Crippen molar-refractivity contribution in [1.29, 1.82) is 0 Å². The van der Waals surface area contributed by atoms with Crippen LogP contribution in [-0.4, -0.2) is 48.3 Å². The second-order valence-corrected chi connectivity index (χ2v) is 4.82. The first-order valence-electron chi connectivity index (χ1n) is 6.30. The van der Waals surface area contributed by atoms with Gasteiger partial charge in [0.05, 0.1) is 11.9 Å². The Kier molecular flexibility index (Phi) is 4.19. The molecule has 1 saturated heterocycles. The molecule has 1 aliphatic heterocycles. The third-order valence-corrected chi connectivity index (χ3v) is 3.06. The van der Waals surface area contributed by atoms with Gasteiger partial charge in [0.2, 0.25) is 0 Å². The van der Waals surface area contributed by atoms with Gasteiger partial charge in [0.15, 0.2) is 6.10 Å². The SMILES string of the molecule is CN(C)c1ccc(NC(=O)[C@@H]2CC[C@H](C(=O)O)O2)cn1. The lowest BCUT2D eigenvalue weighted by atomic mass is 10.2. The van der Waals surface area contributed by atoms with Gasteiger partial charge < -0.3 is 20.1 Å². The third-order valence-electron chi connectivity index (χ3n) is 3.06. The fraction of sp³-hybridized carbons (Fsp3) is 0.462. The van der Waals surface area contributed by atoms with E-state index >= 15 is 0 Å². The van der Waals surface area contributed by atoms with Crippen LogP contribution in [0.2, 0.25) is 0 Å². The lowest BCUT2D eigenvalue weighted by Crippen LogP contribution is -2.30. The van der Waals surface area contributed by atoms with Crippen LogP contribution >= 0.6 is 0 Å².